The van der Waals surface area contributed by atoms with Gasteiger partial charge in [-0.2, -0.15) is 10.1 Å². The summed E-state index contributed by atoms with van der Waals surface area (Å²) in [5, 5.41) is 8.93. The van der Waals surface area contributed by atoms with Crippen LogP contribution in [0.2, 0.25) is 5.02 Å². The fourth-order valence-corrected chi connectivity index (χ4v) is 2.66. The van der Waals surface area contributed by atoms with Crippen LogP contribution in [0.15, 0.2) is 24.3 Å². The average molecular weight is 346 g/mol. The second-order valence-electron chi connectivity index (χ2n) is 5.81. The van der Waals surface area contributed by atoms with Crippen LogP contribution in [0.1, 0.15) is 0 Å². The quantitative estimate of drug-likeness (QED) is 0.737. The number of nitrogens with zero attached hydrogens (tertiary/aromatic N) is 5. The average Bonchev–Trinajstić information content (AvgIpc) is 2.81. The summed E-state index contributed by atoms with van der Waals surface area (Å²) < 4.78 is 1.60. The Labute approximate surface area is 145 Å². The fraction of sp³-hybridized carbons (Fsp3) is 0.312. The van der Waals surface area contributed by atoms with Crippen molar-refractivity contribution in [2.24, 2.45) is 7.05 Å². The molecule has 0 amide bonds. The maximum Gasteiger partial charge on any atom is 0.225 e. The van der Waals surface area contributed by atoms with Gasteiger partial charge in [-0.05, 0) is 20.2 Å². The third-order valence-corrected chi connectivity index (χ3v) is 4.04. The van der Waals surface area contributed by atoms with Gasteiger partial charge in [-0.3, -0.25) is 4.68 Å². The molecule has 1 aromatic carbocycles. The van der Waals surface area contributed by atoms with Gasteiger partial charge in [0.2, 0.25) is 5.95 Å². The van der Waals surface area contributed by atoms with E-state index in [1.807, 2.05) is 38.4 Å². The second kappa shape index (κ2) is 6.62. The number of likely N-dealkylation sites (N-methyl/N-ethyl adjacent to an activating group) is 1. The molecule has 0 saturated carbocycles. The Morgan fingerprint density at radius 3 is 2.71 bits per heavy atom. The maximum absolute atomic E-state index is 6.36. The van der Waals surface area contributed by atoms with Crippen molar-refractivity contribution in [3.63, 3.8) is 0 Å². The summed E-state index contributed by atoms with van der Waals surface area (Å²) in [6.07, 6.45) is 0. The number of nitrogens with two attached hydrogens (primary N) is 1. The number of nitrogen functional groups attached to an aromatic ring is 1. The Kier molecular flexibility index (Phi) is 4.55. The molecule has 3 N–H and O–H groups in total. The van der Waals surface area contributed by atoms with Crippen molar-refractivity contribution < 1.29 is 0 Å². The van der Waals surface area contributed by atoms with E-state index < -0.39 is 0 Å². The van der Waals surface area contributed by atoms with Crippen LogP contribution < -0.4 is 11.1 Å². The first-order valence-corrected chi connectivity index (χ1v) is 7.99. The lowest BCUT2D eigenvalue weighted by atomic mass is 10.1. The van der Waals surface area contributed by atoms with E-state index in [1.54, 1.807) is 11.7 Å². The molecule has 0 aliphatic carbocycles. The minimum Gasteiger partial charge on any atom is -0.383 e. The van der Waals surface area contributed by atoms with Crippen molar-refractivity contribution in [3.8, 4) is 11.3 Å². The zero-order valence-electron chi connectivity index (χ0n) is 13.9. The summed E-state index contributed by atoms with van der Waals surface area (Å²) in [5.41, 5.74) is 8.21. The van der Waals surface area contributed by atoms with Crippen LogP contribution in [0.25, 0.3) is 22.3 Å². The van der Waals surface area contributed by atoms with Crippen LogP contribution in [0, 0.1) is 0 Å². The van der Waals surface area contributed by atoms with E-state index in [0.29, 0.717) is 33.5 Å². The fourth-order valence-electron chi connectivity index (χ4n) is 2.43. The summed E-state index contributed by atoms with van der Waals surface area (Å²) in [6.45, 7) is 1.59. The van der Waals surface area contributed by atoms with Crippen molar-refractivity contribution in [2.75, 3.05) is 38.2 Å². The van der Waals surface area contributed by atoms with Gasteiger partial charge in [0.1, 0.15) is 5.82 Å². The smallest absolute Gasteiger partial charge is 0.225 e. The van der Waals surface area contributed by atoms with Gasteiger partial charge in [0.05, 0.1) is 11.1 Å². The van der Waals surface area contributed by atoms with Gasteiger partial charge in [-0.25, -0.2) is 4.98 Å². The minimum atomic E-state index is 0.511. The molecule has 0 atom stereocenters. The molecule has 2 heterocycles. The van der Waals surface area contributed by atoms with E-state index in [0.717, 1.165) is 18.7 Å². The highest BCUT2D eigenvalue weighted by molar-refractivity contribution is 6.33. The first-order valence-electron chi connectivity index (χ1n) is 7.61. The molecule has 0 aliphatic rings. The molecule has 8 heteroatoms. The summed E-state index contributed by atoms with van der Waals surface area (Å²) in [6, 6.07) is 7.55. The molecule has 3 rings (SSSR count). The van der Waals surface area contributed by atoms with Crippen molar-refractivity contribution in [1.82, 2.24) is 24.6 Å². The highest BCUT2D eigenvalue weighted by Gasteiger charge is 2.18. The van der Waals surface area contributed by atoms with Crippen LogP contribution in [-0.4, -0.2) is 51.8 Å². The largest absolute Gasteiger partial charge is 0.383 e. The van der Waals surface area contributed by atoms with Crippen molar-refractivity contribution in [2.45, 2.75) is 0 Å². The van der Waals surface area contributed by atoms with E-state index in [4.69, 9.17) is 17.3 Å². The van der Waals surface area contributed by atoms with Crippen LogP contribution in [0.3, 0.4) is 0 Å². The molecule has 0 aliphatic heterocycles. The molecule has 7 nitrogen and oxygen atoms in total. The SMILES string of the molecule is CN(C)CCNc1nc(-c2ccccc2Cl)c2c(N)n(C)nc2n1. The molecule has 0 radical (unpaired) electrons. The maximum atomic E-state index is 6.36. The number of fused-ring (bicyclic) bond motifs is 1. The molecule has 24 heavy (non-hydrogen) atoms. The number of rotatable bonds is 5. The lowest BCUT2D eigenvalue weighted by Crippen LogP contribution is -2.21. The Morgan fingerprint density at radius 1 is 1.25 bits per heavy atom. The first kappa shape index (κ1) is 16.5. The van der Waals surface area contributed by atoms with E-state index in [9.17, 15) is 0 Å². The summed E-state index contributed by atoms with van der Waals surface area (Å²) in [5.74, 6) is 1.03. The minimum absolute atomic E-state index is 0.511. The Morgan fingerprint density at radius 2 is 2.00 bits per heavy atom. The monoisotopic (exact) mass is 345 g/mol. The highest BCUT2D eigenvalue weighted by atomic mass is 35.5. The van der Waals surface area contributed by atoms with Crippen molar-refractivity contribution in [3.05, 3.63) is 29.3 Å². The van der Waals surface area contributed by atoms with Gasteiger partial charge in [-0.15, -0.1) is 0 Å². The molecule has 0 spiro atoms. The number of aromatic nitrogens is 4. The zero-order chi connectivity index (χ0) is 17.3. The molecule has 2 aromatic heterocycles. The van der Waals surface area contributed by atoms with Gasteiger partial charge in [-0.1, -0.05) is 29.8 Å². The number of aryl methyl sites for hydroxylation is 1. The predicted octanol–water partition coefficient (Wildman–Crippen LogP) is 2.24. The summed E-state index contributed by atoms with van der Waals surface area (Å²) >= 11 is 6.36. The first-order chi connectivity index (χ1) is 11.5. The third kappa shape index (κ3) is 3.13. The van der Waals surface area contributed by atoms with Crippen LogP contribution >= 0.6 is 11.6 Å². The zero-order valence-corrected chi connectivity index (χ0v) is 14.7. The lowest BCUT2D eigenvalue weighted by molar-refractivity contribution is 0.425. The second-order valence-corrected chi connectivity index (χ2v) is 6.22. The number of benzene rings is 1. The standard InChI is InChI=1S/C16H20ClN7/c1-23(2)9-8-19-16-20-13(10-6-4-5-7-11(10)17)12-14(18)24(3)22-15(12)21-16/h4-7H,8-9,18H2,1-3H3,(H,19,21,22). The van der Waals surface area contributed by atoms with Gasteiger partial charge >= 0.3 is 0 Å². The molecule has 0 unspecified atom stereocenters. The Hall–Kier alpha value is -2.38. The number of halogens is 1. The summed E-state index contributed by atoms with van der Waals surface area (Å²) in [4.78, 5) is 11.2. The van der Waals surface area contributed by atoms with Crippen molar-refractivity contribution >= 4 is 34.4 Å². The van der Waals surface area contributed by atoms with Crippen LogP contribution in [0.4, 0.5) is 11.8 Å². The Balaban J connectivity index is 2.12. The van der Waals surface area contributed by atoms with Crippen LogP contribution in [-0.2, 0) is 7.05 Å². The molecule has 0 saturated heterocycles. The van der Waals surface area contributed by atoms with Crippen LogP contribution in [0.5, 0.6) is 0 Å². The number of anilines is 2. The molecular formula is C16H20ClN7. The number of hydrogen-bond acceptors (Lipinski definition) is 6. The van der Waals surface area contributed by atoms with Gasteiger partial charge in [0.25, 0.3) is 0 Å². The van der Waals surface area contributed by atoms with E-state index in [2.05, 4.69) is 25.3 Å². The molecule has 0 bridgehead atoms. The van der Waals surface area contributed by atoms with E-state index in [-0.39, 0.29) is 0 Å². The number of nitrogens with one attached hydrogen (secondary N) is 1. The van der Waals surface area contributed by atoms with Gasteiger partial charge in [0, 0.05) is 30.7 Å². The molecule has 126 valence electrons. The predicted molar refractivity (Wildman–Crippen MR) is 98.2 cm³/mol. The normalized spacial score (nSPS) is 11.4. The number of hydrogen-bond donors (Lipinski definition) is 2. The highest BCUT2D eigenvalue weighted by Crippen LogP contribution is 2.34. The van der Waals surface area contributed by atoms with Crippen molar-refractivity contribution in [1.29, 1.82) is 0 Å². The molecular weight excluding hydrogens is 326 g/mol. The molecule has 3 aromatic rings. The Bertz CT molecular complexity index is 872. The van der Waals surface area contributed by atoms with Gasteiger partial charge in [0.15, 0.2) is 5.65 Å². The van der Waals surface area contributed by atoms with Gasteiger partial charge < -0.3 is 16.0 Å². The lowest BCUT2D eigenvalue weighted by Gasteiger charge is -2.12. The summed E-state index contributed by atoms with van der Waals surface area (Å²) in [7, 11) is 5.81. The topological polar surface area (TPSA) is 84.9 Å². The molecule has 0 fully saturated rings. The third-order valence-electron chi connectivity index (χ3n) is 3.71. The van der Waals surface area contributed by atoms with E-state index >= 15 is 0 Å². The van der Waals surface area contributed by atoms with E-state index in [1.165, 1.54) is 0 Å².